The summed E-state index contributed by atoms with van der Waals surface area (Å²) >= 11 is 1.58. The maximum Gasteiger partial charge on any atom is 0.161 e. The van der Waals surface area contributed by atoms with E-state index in [1.807, 2.05) is 36.6 Å². The number of hydrogen-bond acceptors (Lipinski definition) is 5. The minimum atomic E-state index is -0.0139. The summed E-state index contributed by atoms with van der Waals surface area (Å²) in [5.41, 5.74) is 1.00. The number of para-hydroxylation sites is 2. The molecule has 0 aliphatic rings. The van der Waals surface area contributed by atoms with Gasteiger partial charge in [0.2, 0.25) is 0 Å². The Hall–Kier alpha value is -1.59. The van der Waals surface area contributed by atoms with Gasteiger partial charge in [0, 0.05) is 11.1 Å². The van der Waals surface area contributed by atoms with Crippen LogP contribution in [0, 0.1) is 6.92 Å². The molecule has 2 rings (SSSR count). The number of thiazole rings is 1. The van der Waals surface area contributed by atoms with Crippen molar-refractivity contribution in [1.82, 2.24) is 4.98 Å². The number of aromatic nitrogens is 1. The zero-order valence-corrected chi connectivity index (χ0v) is 10.9. The second-order valence-corrected chi connectivity index (χ2v) is 4.63. The van der Waals surface area contributed by atoms with Crippen LogP contribution in [0.5, 0.6) is 11.5 Å². The molecule has 1 heterocycles. The van der Waals surface area contributed by atoms with Crippen LogP contribution >= 0.6 is 11.3 Å². The highest BCUT2D eigenvalue weighted by molar-refractivity contribution is 7.09. The van der Waals surface area contributed by atoms with Crippen LogP contribution in [0.1, 0.15) is 10.7 Å². The molecule has 18 heavy (non-hydrogen) atoms. The normalized spacial score (nSPS) is 10.3. The van der Waals surface area contributed by atoms with E-state index in [0.717, 1.165) is 10.7 Å². The molecule has 0 aliphatic heterocycles. The molecule has 0 unspecified atom stereocenters. The van der Waals surface area contributed by atoms with Gasteiger partial charge in [-0.15, -0.1) is 11.3 Å². The molecule has 96 valence electrons. The topological polar surface area (TPSA) is 51.6 Å². The average molecular weight is 265 g/mol. The van der Waals surface area contributed by atoms with Crippen molar-refractivity contribution in [2.75, 3.05) is 13.2 Å². The minimum absolute atomic E-state index is 0.0139. The van der Waals surface area contributed by atoms with Crippen molar-refractivity contribution in [3.05, 3.63) is 40.3 Å². The largest absolute Gasteiger partial charge is 0.487 e. The van der Waals surface area contributed by atoms with Crippen LogP contribution in [0.25, 0.3) is 0 Å². The van der Waals surface area contributed by atoms with E-state index < -0.39 is 0 Å². The summed E-state index contributed by atoms with van der Waals surface area (Å²) < 4.78 is 11.1. The Labute approximate surface area is 110 Å². The van der Waals surface area contributed by atoms with Crippen molar-refractivity contribution in [3.8, 4) is 11.5 Å². The molecule has 0 amide bonds. The van der Waals surface area contributed by atoms with Gasteiger partial charge in [0.05, 0.1) is 6.61 Å². The van der Waals surface area contributed by atoms with Gasteiger partial charge >= 0.3 is 0 Å². The lowest BCUT2D eigenvalue weighted by molar-refractivity contribution is 0.192. The van der Waals surface area contributed by atoms with Gasteiger partial charge in [-0.1, -0.05) is 12.1 Å². The lowest BCUT2D eigenvalue weighted by atomic mass is 10.3. The summed E-state index contributed by atoms with van der Waals surface area (Å²) in [6, 6.07) is 7.41. The molecule has 0 fully saturated rings. The Kier molecular flexibility index (Phi) is 4.55. The minimum Gasteiger partial charge on any atom is -0.487 e. The van der Waals surface area contributed by atoms with E-state index in [0.29, 0.717) is 18.1 Å². The van der Waals surface area contributed by atoms with Crippen LogP contribution in [0.3, 0.4) is 0 Å². The van der Waals surface area contributed by atoms with E-state index in [9.17, 15) is 0 Å². The van der Waals surface area contributed by atoms with Gasteiger partial charge in [0.15, 0.2) is 11.5 Å². The quantitative estimate of drug-likeness (QED) is 0.871. The Morgan fingerprint density at radius 3 is 2.56 bits per heavy atom. The standard InChI is InChI=1S/C13H15NO3S/c1-10-9-18-13(14-10)8-17-12-5-3-2-4-11(12)16-7-6-15/h2-5,9,15H,6-8H2,1H3. The number of nitrogens with zero attached hydrogens (tertiary/aromatic N) is 1. The van der Waals surface area contributed by atoms with E-state index in [2.05, 4.69) is 4.98 Å². The number of rotatable bonds is 6. The maximum absolute atomic E-state index is 8.75. The van der Waals surface area contributed by atoms with Crippen LogP contribution in [0.2, 0.25) is 0 Å². The molecule has 0 aliphatic carbocycles. The molecule has 0 atom stereocenters. The molecule has 2 aromatic rings. The smallest absolute Gasteiger partial charge is 0.161 e. The van der Waals surface area contributed by atoms with Gasteiger partial charge in [-0.2, -0.15) is 0 Å². The number of aliphatic hydroxyl groups excluding tert-OH is 1. The van der Waals surface area contributed by atoms with E-state index in [1.54, 1.807) is 11.3 Å². The molecule has 1 aromatic heterocycles. The molecule has 0 saturated carbocycles. The number of benzene rings is 1. The predicted octanol–water partition coefficient (Wildman–Crippen LogP) is 2.40. The highest BCUT2D eigenvalue weighted by Gasteiger charge is 2.05. The maximum atomic E-state index is 8.75. The van der Waals surface area contributed by atoms with E-state index in [-0.39, 0.29) is 13.2 Å². The summed E-state index contributed by atoms with van der Waals surface area (Å²) in [5.74, 6) is 1.30. The van der Waals surface area contributed by atoms with Gasteiger partial charge in [-0.25, -0.2) is 4.98 Å². The van der Waals surface area contributed by atoms with E-state index >= 15 is 0 Å². The van der Waals surface area contributed by atoms with Gasteiger partial charge in [0.1, 0.15) is 18.2 Å². The highest BCUT2D eigenvalue weighted by Crippen LogP contribution is 2.27. The highest BCUT2D eigenvalue weighted by atomic mass is 32.1. The molecule has 0 saturated heterocycles. The summed E-state index contributed by atoms with van der Waals surface area (Å²) in [7, 11) is 0. The van der Waals surface area contributed by atoms with Crippen LogP contribution in [-0.4, -0.2) is 23.3 Å². The summed E-state index contributed by atoms with van der Waals surface area (Å²) in [4.78, 5) is 4.33. The Balaban J connectivity index is 1.99. The lowest BCUT2D eigenvalue weighted by Crippen LogP contribution is -2.04. The van der Waals surface area contributed by atoms with Gasteiger partial charge in [0.25, 0.3) is 0 Å². The number of ether oxygens (including phenoxy) is 2. The molecule has 1 aromatic carbocycles. The van der Waals surface area contributed by atoms with Crippen molar-refractivity contribution >= 4 is 11.3 Å². The molecule has 0 spiro atoms. The monoisotopic (exact) mass is 265 g/mol. The second kappa shape index (κ2) is 6.37. The Bertz CT molecular complexity index is 498. The summed E-state index contributed by atoms with van der Waals surface area (Å²) in [6.07, 6.45) is 0. The zero-order chi connectivity index (χ0) is 12.8. The van der Waals surface area contributed by atoms with Crippen molar-refractivity contribution in [3.63, 3.8) is 0 Å². The first kappa shape index (κ1) is 12.9. The van der Waals surface area contributed by atoms with Gasteiger partial charge in [-0.3, -0.25) is 0 Å². The number of aliphatic hydroxyl groups is 1. The molecule has 0 bridgehead atoms. The first-order chi connectivity index (χ1) is 8.79. The molecular formula is C13H15NO3S. The second-order valence-electron chi connectivity index (χ2n) is 3.69. The summed E-state index contributed by atoms with van der Waals surface area (Å²) in [6.45, 7) is 2.63. The fourth-order valence-electron chi connectivity index (χ4n) is 1.45. The van der Waals surface area contributed by atoms with Crippen molar-refractivity contribution in [2.24, 2.45) is 0 Å². The molecule has 4 nitrogen and oxygen atoms in total. The lowest BCUT2D eigenvalue weighted by Gasteiger charge is -2.10. The fourth-order valence-corrected chi connectivity index (χ4v) is 2.14. The third-order valence-electron chi connectivity index (χ3n) is 2.22. The number of aryl methyl sites for hydroxylation is 1. The van der Waals surface area contributed by atoms with Crippen molar-refractivity contribution in [1.29, 1.82) is 0 Å². The zero-order valence-electron chi connectivity index (χ0n) is 10.1. The van der Waals surface area contributed by atoms with Crippen LogP contribution in [0.4, 0.5) is 0 Å². The first-order valence-corrected chi connectivity index (χ1v) is 6.54. The third-order valence-corrected chi connectivity index (χ3v) is 3.16. The molecule has 1 N–H and O–H groups in total. The van der Waals surface area contributed by atoms with Gasteiger partial charge in [-0.05, 0) is 19.1 Å². The molecule has 0 radical (unpaired) electrons. The Morgan fingerprint density at radius 2 is 1.94 bits per heavy atom. The van der Waals surface area contributed by atoms with Crippen LogP contribution in [0.15, 0.2) is 29.6 Å². The van der Waals surface area contributed by atoms with Crippen molar-refractivity contribution in [2.45, 2.75) is 13.5 Å². The van der Waals surface area contributed by atoms with Crippen molar-refractivity contribution < 1.29 is 14.6 Å². The third kappa shape index (κ3) is 3.45. The predicted molar refractivity (Wildman–Crippen MR) is 70.2 cm³/mol. The van der Waals surface area contributed by atoms with E-state index in [1.165, 1.54) is 0 Å². The Morgan fingerprint density at radius 1 is 1.22 bits per heavy atom. The molecule has 5 heteroatoms. The average Bonchev–Trinajstić information content (AvgIpc) is 2.81. The van der Waals surface area contributed by atoms with E-state index in [4.69, 9.17) is 14.6 Å². The first-order valence-electron chi connectivity index (χ1n) is 5.66. The number of hydrogen-bond donors (Lipinski definition) is 1. The van der Waals surface area contributed by atoms with Crippen LogP contribution < -0.4 is 9.47 Å². The molecular weight excluding hydrogens is 250 g/mol. The summed E-state index contributed by atoms with van der Waals surface area (Å²) in [5, 5.41) is 11.7. The fraction of sp³-hybridized carbons (Fsp3) is 0.308. The SMILES string of the molecule is Cc1csc(COc2ccccc2OCCO)n1. The van der Waals surface area contributed by atoms with Crippen LogP contribution in [-0.2, 0) is 6.61 Å². The van der Waals surface area contributed by atoms with Gasteiger partial charge < -0.3 is 14.6 Å².